The molecular weight excluding hydrogens is 386 g/mol. The Kier molecular flexibility index (Phi) is 7.35. The maximum atomic E-state index is 12.1. The number of anilines is 1. The van der Waals surface area contributed by atoms with Gasteiger partial charge < -0.3 is 9.47 Å². The van der Waals surface area contributed by atoms with E-state index in [0.717, 1.165) is 27.6 Å². The minimum absolute atomic E-state index is 0.252. The number of nitrogens with zero attached hydrogens (tertiary/aromatic N) is 2. The van der Waals surface area contributed by atoms with Gasteiger partial charge in [0.1, 0.15) is 16.5 Å². The van der Waals surface area contributed by atoms with Crippen molar-refractivity contribution in [2.45, 2.75) is 20.3 Å². The fourth-order valence-electron chi connectivity index (χ4n) is 2.53. The van der Waals surface area contributed by atoms with Gasteiger partial charge in [0.2, 0.25) is 11.0 Å². The van der Waals surface area contributed by atoms with E-state index in [0.29, 0.717) is 24.8 Å². The number of rotatable bonds is 9. The van der Waals surface area contributed by atoms with Crippen molar-refractivity contribution >= 4 is 28.5 Å². The predicted molar refractivity (Wildman–Crippen MR) is 116 cm³/mol. The molecule has 1 heterocycles. The van der Waals surface area contributed by atoms with Crippen molar-refractivity contribution in [3.8, 4) is 11.5 Å². The second kappa shape index (κ2) is 10.4. The van der Waals surface area contributed by atoms with E-state index < -0.39 is 0 Å². The summed E-state index contributed by atoms with van der Waals surface area (Å²) in [7, 11) is 0. The van der Waals surface area contributed by atoms with E-state index in [9.17, 15) is 4.79 Å². The molecule has 0 saturated carbocycles. The van der Waals surface area contributed by atoms with Gasteiger partial charge in [-0.05, 0) is 55.3 Å². The Morgan fingerprint density at radius 3 is 2.69 bits per heavy atom. The highest BCUT2D eigenvalue weighted by Gasteiger charge is 2.07. The Hall–Kier alpha value is -3.19. The lowest BCUT2D eigenvalue weighted by atomic mass is 10.2. The fourth-order valence-corrected chi connectivity index (χ4v) is 3.25. The zero-order valence-corrected chi connectivity index (χ0v) is 17.2. The van der Waals surface area contributed by atoms with Crippen molar-refractivity contribution in [3.63, 3.8) is 0 Å². The lowest BCUT2D eigenvalue weighted by Crippen LogP contribution is -2.07. The number of amides is 1. The molecular formula is C22H23N3O3S. The number of hydrogen-bond donors (Lipinski definition) is 1. The first-order chi connectivity index (χ1) is 14.1. The van der Waals surface area contributed by atoms with Crippen LogP contribution in [0.2, 0.25) is 0 Å². The van der Waals surface area contributed by atoms with Crippen LogP contribution in [0.1, 0.15) is 23.1 Å². The molecule has 0 aliphatic rings. The number of hydrogen-bond acceptors (Lipinski definition) is 6. The second-order valence-electron chi connectivity index (χ2n) is 6.24. The maximum Gasteiger partial charge on any atom is 0.250 e. The van der Waals surface area contributed by atoms with Crippen molar-refractivity contribution in [1.82, 2.24) is 10.2 Å². The van der Waals surface area contributed by atoms with Crippen molar-refractivity contribution in [3.05, 3.63) is 70.7 Å². The molecule has 0 aliphatic carbocycles. The van der Waals surface area contributed by atoms with Gasteiger partial charge in [-0.25, -0.2) is 0 Å². The van der Waals surface area contributed by atoms with Crippen molar-refractivity contribution in [2.75, 3.05) is 18.5 Å². The number of benzene rings is 2. The summed E-state index contributed by atoms with van der Waals surface area (Å²) in [5.74, 6) is 1.39. The first kappa shape index (κ1) is 20.5. The predicted octanol–water partition coefficient (Wildman–Crippen LogP) is 4.52. The molecule has 0 saturated heterocycles. The third kappa shape index (κ3) is 6.73. The van der Waals surface area contributed by atoms with Crippen LogP contribution in [0.5, 0.6) is 11.5 Å². The number of aryl methyl sites for hydroxylation is 1. The summed E-state index contributed by atoms with van der Waals surface area (Å²) in [6.45, 7) is 5.09. The van der Waals surface area contributed by atoms with Gasteiger partial charge in [-0.15, -0.1) is 10.2 Å². The van der Waals surface area contributed by atoms with Gasteiger partial charge in [-0.2, -0.15) is 0 Å². The Labute approximate surface area is 174 Å². The van der Waals surface area contributed by atoms with Crippen LogP contribution in [0, 0.1) is 6.92 Å². The largest absolute Gasteiger partial charge is 0.494 e. The van der Waals surface area contributed by atoms with Gasteiger partial charge in [-0.1, -0.05) is 35.6 Å². The number of carbonyl (C=O) groups excluding carboxylic acids is 1. The molecule has 0 unspecified atom stereocenters. The molecule has 1 amide bonds. The van der Waals surface area contributed by atoms with Crippen molar-refractivity contribution in [1.29, 1.82) is 0 Å². The zero-order chi connectivity index (χ0) is 20.5. The van der Waals surface area contributed by atoms with Gasteiger partial charge in [0.15, 0.2) is 0 Å². The third-order valence-corrected chi connectivity index (χ3v) is 4.79. The van der Waals surface area contributed by atoms with Gasteiger partial charge in [-0.3, -0.25) is 10.1 Å². The SMILES string of the molecule is CCOc1ccc(/C=C/C(=O)Nc2nnc(CCOc3cccc(C)c3)s2)cc1. The van der Waals surface area contributed by atoms with Crippen LogP contribution >= 0.6 is 11.3 Å². The molecule has 1 N–H and O–H groups in total. The molecule has 0 spiro atoms. The second-order valence-corrected chi connectivity index (χ2v) is 7.30. The van der Waals surface area contributed by atoms with Gasteiger partial charge in [0, 0.05) is 12.5 Å². The lowest BCUT2D eigenvalue weighted by molar-refractivity contribution is -0.111. The standard InChI is InChI=1S/C22H23N3O3S/c1-3-27-18-10-7-17(8-11-18)9-12-20(26)23-22-25-24-21(29-22)13-14-28-19-6-4-5-16(2)15-19/h4-12,15H,3,13-14H2,1-2H3,(H,23,25,26)/b12-9+. The summed E-state index contributed by atoms with van der Waals surface area (Å²) in [5.41, 5.74) is 2.07. The highest BCUT2D eigenvalue weighted by Crippen LogP contribution is 2.18. The molecule has 0 aliphatic heterocycles. The van der Waals surface area contributed by atoms with E-state index >= 15 is 0 Å². The van der Waals surface area contributed by atoms with Gasteiger partial charge in [0.25, 0.3) is 0 Å². The molecule has 3 rings (SSSR count). The Bertz CT molecular complexity index is 967. The Morgan fingerprint density at radius 2 is 1.93 bits per heavy atom. The molecule has 0 fully saturated rings. The quantitative estimate of drug-likeness (QED) is 0.526. The van der Waals surface area contributed by atoms with E-state index in [1.54, 1.807) is 6.08 Å². The smallest absolute Gasteiger partial charge is 0.250 e. The molecule has 2 aromatic carbocycles. The molecule has 0 radical (unpaired) electrons. The van der Waals surface area contributed by atoms with E-state index in [-0.39, 0.29) is 5.91 Å². The molecule has 0 atom stereocenters. The highest BCUT2D eigenvalue weighted by molar-refractivity contribution is 7.15. The minimum atomic E-state index is -0.252. The van der Waals surface area contributed by atoms with Crippen LogP contribution < -0.4 is 14.8 Å². The summed E-state index contributed by atoms with van der Waals surface area (Å²) in [5, 5.41) is 12.1. The van der Waals surface area contributed by atoms with Crippen LogP contribution in [0.3, 0.4) is 0 Å². The molecule has 150 valence electrons. The van der Waals surface area contributed by atoms with Crippen LogP contribution in [0.15, 0.2) is 54.6 Å². The first-order valence-corrected chi connectivity index (χ1v) is 10.2. The highest BCUT2D eigenvalue weighted by atomic mass is 32.1. The molecule has 6 nitrogen and oxygen atoms in total. The number of aromatic nitrogens is 2. The summed E-state index contributed by atoms with van der Waals surface area (Å²) in [6, 6.07) is 15.4. The van der Waals surface area contributed by atoms with Gasteiger partial charge in [0.05, 0.1) is 13.2 Å². The molecule has 1 aromatic heterocycles. The van der Waals surface area contributed by atoms with Gasteiger partial charge >= 0.3 is 0 Å². The Balaban J connectivity index is 1.45. The van der Waals surface area contributed by atoms with E-state index in [1.165, 1.54) is 17.4 Å². The fraction of sp³-hybridized carbons (Fsp3) is 0.227. The molecule has 3 aromatic rings. The summed E-state index contributed by atoms with van der Waals surface area (Å²) in [6.07, 6.45) is 3.84. The Morgan fingerprint density at radius 1 is 1.10 bits per heavy atom. The van der Waals surface area contributed by atoms with Crippen LogP contribution in [-0.2, 0) is 11.2 Å². The third-order valence-electron chi connectivity index (χ3n) is 3.89. The first-order valence-electron chi connectivity index (χ1n) is 9.36. The van der Waals surface area contributed by atoms with E-state index in [2.05, 4.69) is 15.5 Å². The molecule has 29 heavy (non-hydrogen) atoms. The summed E-state index contributed by atoms with van der Waals surface area (Å²) in [4.78, 5) is 12.1. The summed E-state index contributed by atoms with van der Waals surface area (Å²) >= 11 is 1.34. The maximum absolute atomic E-state index is 12.1. The minimum Gasteiger partial charge on any atom is -0.494 e. The van der Waals surface area contributed by atoms with Crippen LogP contribution in [0.25, 0.3) is 6.08 Å². The van der Waals surface area contributed by atoms with Crippen LogP contribution in [0.4, 0.5) is 5.13 Å². The summed E-state index contributed by atoms with van der Waals surface area (Å²) < 4.78 is 11.1. The molecule has 7 heteroatoms. The van der Waals surface area contributed by atoms with Crippen LogP contribution in [-0.4, -0.2) is 29.3 Å². The van der Waals surface area contributed by atoms with Crippen molar-refractivity contribution in [2.24, 2.45) is 0 Å². The number of ether oxygens (including phenoxy) is 2. The average molecular weight is 410 g/mol. The van der Waals surface area contributed by atoms with E-state index in [1.807, 2.05) is 62.4 Å². The average Bonchev–Trinajstić information content (AvgIpc) is 3.15. The molecule has 0 bridgehead atoms. The number of nitrogens with one attached hydrogen (secondary N) is 1. The van der Waals surface area contributed by atoms with E-state index in [4.69, 9.17) is 9.47 Å². The van der Waals surface area contributed by atoms with Crippen molar-refractivity contribution < 1.29 is 14.3 Å². The zero-order valence-electron chi connectivity index (χ0n) is 16.4. The number of carbonyl (C=O) groups is 1. The topological polar surface area (TPSA) is 73.3 Å². The monoisotopic (exact) mass is 409 g/mol. The lowest BCUT2D eigenvalue weighted by Gasteiger charge is -2.04. The normalized spacial score (nSPS) is 10.8.